The Bertz CT molecular complexity index is 1480. The molecule has 0 radical (unpaired) electrons. The Hall–Kier alpha value is -3.85. The van der Waals surface area contributed by atoms with Crippen molar-refractivity contribution in [3.8, 4) is 27.7 Å². The molecule has 3 heterocycles. The summed E-state index contributed by atoms with van der Waals surface area (Å²) in [4.78, 5) is 21.1. The van der Waals surface area contributed by atoms with Crippen LogP contribution in [-0.4, -0.2) is 29.2 Å². The number of pyridine rings is 1. The molecule has 0 saturated heterocycles. The fourth-order valence-electron chi connectivity index (χ4n) is 3.58. The van der Waals surface area contributed by atoms with Crippen LogP contribution < -0.4 is 4.74 Å². The zero-order chi connectivity index (χ0) is 22.9. The molecular weight excluding hydrogens is 450 g/mol. The lowest BCUT2D eigenvalue weighted by Gasteiger charge is -2.07. The third kappa shape index (κ3) is 3.91. The highest BCUT2D eigenvalue weighted by atomic mass is 32.1. The molecule has 0 bridgehead atoms. The molecule has 0 fully saturated rings. The predicted molar refractivity (Wildman–Crippen MR) is 121 cm³/mol. The minimum absolute atomic E-state index is 0.0412. The second-order valence-corrected chi connectivity index (χ2v) is 7.82. The number of hydrogen-bond acceptors (Lipinski definition) is 7. The average molecular weight is 466 g/mol. The predicted octanol–water partition coefficient (Wildman–Crippen LogP) is 6.55. The van der Waals surface area contributed by atoms with Gasteiger partial charge in [0.1, 0.15) is 22.0 Å². The number of alkyl halides is 2. The van der Waals surface area contributed by atoms with Gasteiger partial charge in [-0.05, 0) is 37.3 Å². The van der Waals surface area contributed by atoms with E-state index in [0.29, 0.717) is 27.4 Å². The van der Waals surface area contributed by atoms with E-state index in [4.69, 9.17) is 14.1 Å². The van der Waals surface area contributed by atoms with Gasteiger partial charge < -0.3 is 13.9 Å². The molecule has 0 N–H and O–H groups in total. The molecule has 0 saturated carbocycles. The molecular formula is C24H16F2N2O4S. The van der Waals surface area contributed by atoms with Crippen LogP contribution in [0, 0.1) is 0 Å². The molecule has 33 heavy (non-hydrogen) atoms. The van der Waals surface area contributed by atoms with Crippen molar-refractivity contribution in [2.75, 3.05) is 6.61 Å². The monoisotopic (exact) mass is 466 g/mol. The molecule has 5 aromatic rings. The molecule has 5 rings (SSSR count). The van der Waals surface area contributed by atoms with Gasteiger partial charge in [-0.3, -0.25) is 0 Å². The zero-order valence-electron chi connectivity index (χ0n) is 17.2. The molecule has 9 heteroatoms. The molecule has 0 aliphatic carbocycles. The van der Waals surface area contributed by atoms with Crippen LogP contribution in [0.2, 0.25) is 0 Å². The summed E-state index contributed by atoms with van der Waals surface area (Å²) in [6.07, 6.45) is 0. The van der Waals surface area contributed by atoms with Crippen molar-refractivity contribution in [3.63, 3.8) is 0 Å². The summed E-state index contributed by atoms with van der Waals surface area (Å²) in [6.45, 7) is -0.991. The van der Waals surface area contributed by atoms with Crippen LogP contribution in [-0.2, 0) is 4.74 Å². The number of carbonyl (C=O) groups excluding carboxylic acids is 1. The molecule has 166 valence electrons. The number of fused-ring (bicyclic) bond motifs is 3. The number of carbonyl (C=O) groups is 1. The molecule has 0 spiro atoms. The Kier molecular flexibility index (Phi) is 5.47. The Morgan fingerprint density at radius 3 is 2.73 bits per heavy atom. The number of esters is 1. The zero-order valence-corrected chi connectivity index (χ0v) is 18.1. The average Bonchev–Trinajstić information content (AvgIpc) is 3.45. The minimum Gasteiger partial charge on any atom is -0.461 e. The van der Waals surface area contributed by atoms with Crippen molar-refractivity contribution in [2.24, 2.45) is 0 Å². The smallest absolute Gasteiger partial charge is 0.387 e. The van der Waals surface area contributed by atoms with Crippen molar-refractivity contribution in [3.05, 3.63) is 65.7 Å². The van der Waals surface area contributed by atoms with Crippen LogP contribution in [0.5, 0.6) is 5.75 Å². The van der Waals surface area contributed by atoms with Gasteiger partial charge in [0.05, 0.1) is 12.3 Å². The maximum absolute atomic E-state index is 12.9. The van der Waals surface area contributed by atoms with E-state index in [1.54, 1.807) is 37.3 Å². The summed E-state index contributed by atoms with van der Waals surface area (Å²) in [7, 11) is 0. The number of aromatic nitrogens is 2. The Morgan fingerprint density at radius 2 is 1.91 bits per heavy atom. The second kappa shape index (κ2) is 8.59. The Balaban J connectivity index is 1.62. The summed E-state index contributed by atoms with van der Waals surface area (Å²) in [5, 5.41) is 3.87. The van der Waals surface area contributed by atoms with Gasteiger partial charge in [0.25, 0.3) is 0 Å². The largest absolute Gasteiger partial charge is 0.461 e. The molecule has 2 aromatic carbocycles. The van der Waals surface area contributed by atoms with Gasteiger partial charge >= 0.3 is 12.6 Å². The highest BCUT2D eigenvalue weighted by molar-refractivity contribution is 7.13. The first kappa shape index (κ1) is 21.0. The summed E-state index contributed by atoms with van der Waals surface area (Å²) in [5.74, 6) is -0.545. The molecule has 0 aliphatic heterocycles. The Labute approximate surface area is 190 Å². The van der Waals surface area contributed by atoms with Crippen molar-refractivity contribution < 1.29 is 27.5 Å². The normalized spacial score (nSPS) is 11.4. The quantitative estimate of drug-likeness (QED) is 0.264. The van der Waals surface area contributed by atoms with Gasteiger partial charge in [-0.2, -0.15) is 8.78 Å². The van der Waals surface area contributed by atoms with Crippen LogP contribution in [0.1, 0.15) is 17.4 Å². The van der Waals surface area contributed by atoms with E-state index >= 15 is 0 Å². The van der Waals surface area contributed by atoms with Crippen LogP contribution in [0.15, 0.2) is 64.4 Å². The maximum Gasteiger partial charge on any atom is 0.387 e. The van der Waals surface area contributed by atoms with Crippen molar-refractivity contribution in [2.45, 2.75) is 13.5 Å². The van der Waals surface area contributed by atoms with Gasteiger partial charge in [-0.25, -0.2) is 14.8 Å². The lowest BCUT2D eigenvalue weighted by atomic mass is 10.1. The van der Waals surface area contributed by atoms with Gasteiger partial charge in [0.15, 0.2) is 11.3 Å². The number of nitrogens with zero attached hydrogens (tertiary/aromatic N) is 2. The number of benzene rings is 2. The number of furan rings is 1. The van der Waals surface area contributed by atoms with Gasteiger partial charge in [-0.15, -0.1) is 11.3 Å². The summed E-state index contributed by atoms with van der Waals surface area (Å²) in [6, 6.07) is 15.5. The minimum atomic E-state index is -2.98. The Morgan fingerprint density at radius 1 is 1.06 bits per heavy atom. The summed E-state index contributed by atoms with van der Waals surface area (Å²) < 4.78 is 41.4. The lowest BCUT2D eigenvalue weighted by Crippen LogP contribution is -2.07. The van der Waals surface area contributed by atoms with E-state index in [9.17, 15) is 13.6 Å². The highest BCUT2D eigenvalue weighted by Crippen LogP contribution is 2.42. The van der Waals surface area contributed by atoms with Crippen LogP contribution in [0.25, 0.3) is 43.9 Å². The number of para-hydroxylation sites is 1. The summed E-state index contributed by atoms with van der Waals surface area (Å²) in [5.41, 5.74) is 2.80. The third-order valence-electron chi connectivity index (χ3n) is 4.94. The van der Waals surface area contributed by atoms with Gasteiger partial charge in [0.2, 0.25) is 0 Å². The van der Waals surface area contributed by atoms with Gasteiger partial charge in [-0.1, -0.05) is 24.3 Å². The molecule has 0 aliphatic rings. The van der Waals surface area contributed by atoms with Crippen LogP contribution in [0.3, 0.4) is 0 Å². The van der Waals surface area contributed by atoms with E-state index in [-0.39, 0.29) is 23.6 Å². The standard InChI is InChI=1S/C24H16F2N2O4S/c1-2-30-23(29)16-8-5-7-15(27-16)17-12-33-22(28-17)14-10-11-19(32-24(25)26)21-20(14)13-6-3-4-9-18(13)31-21/h3-12,24H,2H2,1H3. The molecule has 0 unspecified atom stereocenters. The fraction of sp³-hybridized carbons (Fsp3) is 0.125. The molecule has 0 atom stereocenters. The van der Waals surface area contributed by atoms with E-state index in [0.717, 1.165) is 10.9 Å². The highest BCUT2D eigenvalue weighted by Gasteiger charge is 2.21. The fourth-order valence-corrected chi connectivity index (χ4v) is 4.43. The maximum atomic E-state index is 12.9. The number of rotatable bonds is 6. The topological polar surface area (TPSA) is 74.5 Å². The first-order chi connectivity index (χ1) is 16.0. The van der Waals surface area contributed by atoms with Crippen LogP contribution >= 0.6 is 11.3 Å². The first-order valence-electron chi connectivity index (χ1n) is 10.0. The number of halogens is 2. The molecule has 0 amide bonds. The second-order valence-electron chi connectivity index (χ2n) is 6.96. The first-order valence-corrected chi connectivity index (χ1v) is 10.9. The van der Waals surface area contributed by atoms with E-state index in [2.05, 4.69) is 9.72 Å². The van der Waals surface area contributed by atoms with E-state index < -0.39 is 12.6 Å². The number of hydrogen-bond donors (Lipinski definition) is 0. The summed E-state index contributed by atoms with van der Waals surface area (Å²) >= 11 is 1.37. The SMILES string of the molecule is CCOC(=O)c1cccc(-c2csc(-c3ccc(OC(F)F)c4oc5ccccc5c34)n2)n1. The third-order valence-corrected chi connectivity index (χ3v) is 5.81. The number of thiazole rings is 1. The lowest BCUT2D eigenvalue weighted by molar-refractivity contribution is -0.0493. The van der Waals surface area contributed by atoms with Crippen LogP contribution in [0.4, 0.5) is 8.78 Å². The van der Waals surface area contributed by atoms with Crippen molar-refractivity contribution in [1.82, 2.24) is 9.97 Å². The van der Waals surface area contributed by atoms with Crippen molar-refractivity contribution in [1.29, 1.82) is 0 Å². The van der Waals surface area contributed by atoms with E-state index in [1.807, 2.05) is 23.6 Å². The molecule has 3 aromatic heterocycles. The van der Waals surface area contributed by atoms with E-state index in [1.165, 1.54) is 17.4 Å². The van der Waals surface area contributed by atoms with Crippen molar-refractivity contribution >= 4 is 39.2 Å². The number of ether oxygens (including phenoxy) is 2. The van der Waals surface area contributed by atoms with Gasteiger partial charge in [0, 0.05) is 21.7 Å². The molecule has 6 nitrogen and oxygen atoms in total.